The molecule has 3 nitrogen and oxygen atoms in total. The lowest BCUT2D eigenvalue weighted by molar-refractivity contribution is -0.123. The van der Waals surface area contributed by atoms with E-state index in [0.717, 1.165) is 38.3 Å². The van der Waals surface area contributed by atoms with Gasteiger partial charge in [-0.1, -0.05) is 28.8 Å². The van der Waals surface area contributed by atoms with E-state index in [0.29, 0.717) is 6.04 Å². The van der Waals surface area contributed by atoms with E-state index >= 15 is 0 Å². The molecule has 4 heteroatoms. The van der Waals surface area contributed by atoms with Crippen LogP contribution in [0, 0.1) is 11.8 Å². The monoisotopic (exact) mass is 342 g/mol. The van der Waals surface area contributed by atoms with Crippen LogP contribution < -0.4 is 5.32 Å². The molecule has 3 fully saturated rings. The summed E-state index contributed by atoms with van der Waals surface area (Å²) in [5.41, 5.74) is 0. The van der Waals surface area contributed by atoms with Gasteiger partial charge in [0, 0.05) is 30.0 Å². The van der Waals surface area contributed by atoms with Crippen molar-refractivity contribution in [3.63, 3.8) is 0 Å². The molecule has 0 bridgehead atoms. The first kappa shape index (κ1) is 14.8. The number of amides is 1. The van der Waals surface area contributed by atoms with Crippen LogP contribution >= 0.6 is 15.9 Å². The van der Waals surface area contributed by atoms with Gasteiger partial charge in [-0.25, -0.2) is 0 Å². The minimum Gasteiger partial charge on any atom is -0.353 e. The number of carbonyl (C=O) groups excluding carboxylic acids is 1. The molecule has 1 aliphatic heterocycles. The van der Waals surface area contributed by atoms with Gasteiger partial charge in [-0.15, -0.1) is 0 Å². The van der Waals surface area contributed by atoms with Gasteiger partial charge in [0.05, 0.1) is 5.92 Å². The fraction of sp³-hybridized carbons (Fsp3) is 0.938. The van der Waals surface area contributed by atoms with Crippen LogP contribution in [-0.2, 0) is 4.79 Å². The molecule has 0 aromatic carbocycles. The summed E-state index contributed by atoms with van der Waals surface area (Å²) in [5, 5.41) is 3.26. The molecule has 1 saturated heterocycles. The molecule has 20 heavy (non-hydrogen) atoms. The van der Waals surface area contributed by atoms with E-state index in [-0.39, 0.29) is 16.1 Å². The van der Waals surface area contributed by atoms with Crippen LogP contribution in [0.15, 0.2) is 0 Å². The SMILES string of the molecule is CC1(Br)CC1C(=O)NC1CCN(CC2CCCC2)CC1. The molecule has 0 spiro atoms. The Morgan fingerprint density at radius 2 is 1.85 bits per heavy atom. The Balaban J connectivity index is 1.37. The van der Waals surface area contributed by atoms with Crippen LogP contribution in [0.2, 0.25) is 0 Å². The second-order valence-corrected chi connectivity index (χ2v) is 9.08. The number of halogens is 1. The van der Waals surface area contributed by atoms with Crippen LogP contribution in [-0.4, -0.2) is 40.8 Å². The molecule has 1 amide bonds. The van der Waals surface area contributed by atoms with E-state index in [9.17, 15) is 4.79 Å². The topological polar surface area (TPSA) is 32.3 Å². The zero-order valence-electron chi connectivity index (χ0n) is 12.5. The highest BCUT2D eigenvalue weighted by atomic mass is 79.9. The molecule has 114 valence electrons. The fourth-order valence-electron chi connectivity index (χ4n) is 3.83. The smallest absolute Gasteiger partial charge is 0.224 e. The summed E-state index contributed by atoms with van der Waals surface area (Å²) in [6.07, 6.45) is 8.98. The second kappa shape index (κ2) is 5.96. The quantitative estimate of drug-likeness (QED) is 0.796. The van der Waals surface area contributed by atoms with E-state index in [4.69, 9.17) is 0 Å². The minimum absolute atomic E-state index is 0.0697. The summed E-state index contributed by atoms with van der Waals surface area (Å²) >= 11 is 3.61. The molecule has 1 heterocycles. The largest absolute Gasteiger partial charge is 0.353 e. The third kappa shape index (κ3) is 3.56. The number of piperidine rings is 1. The maximum absolute atomic E-state index is 12.1. The predicted octanol–water partition coefficient (Wildman–Crippen LogP) is 2.93. The van der Waals surface area contributed by atoms with Crippen LogP contribution in [0.3, 0.4) is 0 Å². The lowest BCUT2D eigenvalue weighted by Gasteiger charge is -2.34. The molecule has 0 aromatic heterocycles. The van der Waals surface area contributed by atoms with E-state index in [1.807, 2.05) is 0 Å². The number of nitrogens with one attached hydrogen (secondary N) is 1. The Labute approximate surface area is 131 Å². The summed E-state index contributed by atoms with van der Waals surface area (Å²) < 4.78 is 0.0697. The number of alkyl halides is 1. The predicted molar refractivity (Wildman–Crippen MR) is 85.0 cm³/mol. The van der Waals surface area contributed by atoms with Crippen molar-refractivity contribution >= 4 is 21.8 Å². The Hall–Kier alpha value is -0.0900. The van der Waals surface area contributed by atoms with E-state index in [1.165, 1.54) is 32.2 Å². The van der Waals surface area contributed by atoms with E-state index in [2.05, 4.69) is 33.1 Å². The fourth-order valence-corrected chi connectivity index (χ4v) is 4.36. The lowest BCUT2D eigenvalue weighted by Crippen LogP contribution is -2.46. The number of rotatable bonds is 4. The normalized spacial score (nSPS) is 36.2. The van der Waals surface area contributed by atoms with Crippen molar-refractivity contribution in [2.45, 2.75) is 62.2 Å². The first-order chi connectivity index (χ1) is 9.54. The van der Waals surface area contributed by atoms with Gasteiger partial charge >= 0.3 is 0 Å². The highest BCUT2D eigenvalue weighted by molar-refractivity contribution is 9.10. The standard InChI is InChI=1S/C16H27BrN2O/c1-16(17)10-14(16)15(20)18-13-6-8-19(9-7-13)11-12-4-2-3-5-12/h12-14H,2-11H2,1H3,(H,18,20). The van der Waals surface area contributed by atoms with Crippen molar-refractivity contribution in [2.24, 2.45) is 11.8 Å². The van der Waals surface area contributed by atoms with Crippen molar-refractivity contribution in [2.75, 3.05) is 19.6 Å². The van der Waals surface area contributed by atoms with Crippen LogP contribution in [0.4, 0.5) is 0 Å². The maximum atomic E-state index is 12.1. The minimum atomic E-state index is 0.0697. The van der Waals surface area contributed by atoms with Gasteiger partial charge in [-0.05, 0) is 44.9 Å². The molecule has 0 radical (unpaired) electrons. The van der Waals surface area contributed by atoms with Gasteiger partial charge in [-0.2, -0.15) is 0 Å². The van der Waals surface area contributed by atoms with Crippen molar-refractivity contribution in [1.82, 2.24) is 10.2 Å². The Kier molecular flexibility index (Phi) is 4.42. The number of hydrogen-bond donors (Lipinski definition) is 1. The molecule has 2 unspecified atom stereocenters. The molecule has 3 aliphatic rings. The summed E-state index contributed by atoms with van der Waals surface area (Å²) in [4.78, 5) is 14.7. The first-order valence-corrected chi connectivity index (χ1v) is 9.05. The molecular formula is C16H27BrN2O. The van der Waals surface area contributed by atoms with Crippen LogP contribution in [0.1, 0.15) is 51.9 Å². The van der Waals surface area contributed by atoms with Crippen molar-refractivity contribution in [3.8, 4) is 0 Å². The van der Waals surface area contributed by atoms with Crippen molar-refractivity contribution in [3.05, 3.63) is 0 Å². The maximum Gasteiger partial charge on any atom is 0.224 e. The zero-order chi connectivity index (χ0) is 14.2. The van der Waals surface area contributed by atoms with Gasteiger partial charge < -0.3 is 10.2 Å². The van der Waals surface area contributed by atoms with Gasteiger partial charge in [0.15, 0.2) is 0 Å². The summed E-state index contributed by atoms with van der Waals surface area (Å²) in [6.45, 7) is 5.74. The van der Waals surface area contributed by atoms with Gasteiger partial charge in [0.1, 0.15) is 0 Å². The third-order valence-electron chi connectivity index (χ3n) is 5.41. The summed E-state index contributed by atoms with van der Waals surface area (Å²) in [6, 6.07) is 0.409. The Bertz CT molecular complexity index is 357. The zero-order valence-corrected chi connectivity index (χ0v) is 14.1. The number of likely N-dealkylation sites (tertiary alicyclic amines) is 1. The molecule has 2 saturated carbocycles. The molecule has 0 aromatic rings. The first-order valence-electron chi connectivity index (χ1n) is 8.26. The van der Waals surface area contributed by atoms with Crippen LogP contribution in [0.5, 0.6) is 0 Å². The third-order valence-corrected chi connectivity index (χ3v) is 6.29. The average Bonchev–Trinajstić information content (AvgIpc) is 2.83. The molecular weight excluding hydrogens is 316 g/mol. The van der Waals surface area contributed by atoms with Crippen molar-refractivity contribution < 1.29 is 4.79 Å². The molecule has 1 N–H and O–H groups in total. The van der Waals surface area contributed by atoms with Gasteiger partial charge in [0.2, 0.25) is 5.91 Å². The van der Waals surface area contributed by atoms with E-state index < -0.39 is 0 Å². The average molecular weight is 343 g/mol. The number of carbonyl (C=O) groups is 1. The lowest BCUT2D eigenvalue weighted by atomic mass is 10.0. The van der Waals surface area contributed by atoms with Gasteiger partial charge in [-0.3, -0.25) is 4.79 Å². The molecule has 3 rings (SSSR count). The summed E-state index contributed by atoms with van der Waals surface area (Å²) in [7, 11) is 0. The number of nitrogens with zero attached hydrogens (tertiary/aromatic N) is 1. The Morgan fingerprint density at radius 1 is 1.25 bits per heavy atom. The van der Waals surface area contributed by atoms with Gasteiger partial charge in [0.25, 0.3) is 0 Å². The number of hydrogen-bond acceptors (Lipinski definition) is 2. The highest BCUT2D eigenvalue weighted by Gasteiger charge is 2.53. The van der Waals surface area contributed by atoms with Crippen molar-refractivity contribution in [1.29, 1.82) is 0 Å². The second-order valence-electron chi connectivity index (χ2n) is 7.27. The van der Waals surface area contributed by atoms with Crippen LogP contribution in [0.25, 0.3) is 0 Å². The van der Waals surface area contributed by atoms with E-state index in [1.54, 1.807) is 0 Å². The summed E-state index contributed by atoms with van der Waals surface area (Å²) in [5.74, 6) is 1.40. The Morgan fingerprint density at radius 3 is 2.40 bits per heavy atom. The molecule has 2 atom stereocenters. The molecule has 2 aliphatic carbocycles. The highest BCUT2D eigenvalue weighted by Crippen LogP contribution is 2.50.